The van der Waals surface area contributed by atoms with E-state index in [4.69, 9.17) is 16.2 Å². The first-order chi connectivity index (χ1) is 8.20. The van der Waals surface area contributed by atoms with E-state index < -0.39 is 25.4 Å². The van der Waals surface area contributed by atoms with Crippen LogP contribution in [0.3, 0.4) is 0 Å². The van der Waals surface area contributed by atoms with Gasteiger partial charge < -0.3 is 14.9 Å². The van der Waals surface area contributed by atoms with Gasteiger partial charge in [-0.3, -0.25) is 19.9 Å². The molecule has 2 atom stereocenters. The highest BCUT2D eigenvalue weighted by Gasteiger charge is 2.31. The van der Waals surface area contributed by atoms with Crippen LogP contribution in [0.5, 0.6) is 0 Å². The standard InChI is InChI=1S/C9H17N2O6P/c1-3-4-5-8(12)11(14)6-10-7(2)9(13)18(15,16)17/h1,7,9-10,13-14H,4-6H2,2H3,(H2,15,16,17). The Morgan fingerprint density at radius 2 is 2.11 bits per heavy atom. The Balaban J connectivity index is 4.14. The van der Waals surface area contributed by atoms with Crippen molar-refractivity contribution in [1.29, 1.82) is 0 Å². The predicted octanol–water partition coefficient (Wildman–Crippen LogP) is -0.951. The van der Waals surface area contributed by atoms with Crippen LogP contribution in [0.2, 0.25) is 0 Å². The molecule has 8 nitrogen and oxygen atoms in total. The molecular weight excluding hydrogens is 263 g/mol. The van der Waals surface area contributed by atoms with Gasteiger partial charge in [-0.05, 0) is 6.92 Å². The minimum absolute atomic E-state index is 0.0376. The molecule has 0 aliphatic heterocycles. The molecule has 0 bridgehead atoms. The van der Waals surface area contributed by atoms with Crippen molar-refractivity contribution in [2.24, 2.45) is 0 Å². The second-order valence-corrected chi connectivity index (χ2v) is 5.36. The molecule has 0 saturated heterocycles. The number of nitrogens with zero attached hydrogens (tertiary/aromatic N) is 1. The summed E-state index contributed by atoms with van der Waals surface area (Å²) in [6.07, 6.45) is 5.09. The monoisotopic (exact) mass is 280 g/mol. The fraction of sp³-hybridized carbons (Fsp3) is 0.667. The van der Waals surface area contributed by atoms with Crippen molar-refractivity contribution >= 4 is 13.5 Å². The van der Waals surface area contributed by atoms with Gasteiger partial charge in [-0.1, -0.05) is 0 Å². The number of terminal acetylenes is 1. The van der Waals surface area contributed by atoms with Gasteiger partial charge in [0.05, 0.1) is 6.67 Å². The molecule has 2 unspecified atom stereocenters. The van der Waals surface area contributed by atoms with Crippen molar-refractivity contribution in [1.82, 2.24) is 10.4 Å². The summed E-state index contributed by atoms with van der Waals surface area (Å²) in [5.41, 5.74) is 0. The number of amides is 1. The summed E-state index contributed by atoms with van der Waals surface area (Å²) in [4.78, 5) is 28.6. The zero-order chi connectivity index (χ0) is 14.3. The van der Waals surface area contributed by atoms with Gasteiger partial charge in [0, 0.05) is 18.9 Å². The number of aliphatic hydroxyl groups is 1. The molecular formula is C9H17N2O6P. The van der Waals surface area contributed by atoms with Crippen LogP contribution >= 0.6 is 7.60 Å². The van der Waals surface area contributed by atoms with Crippen molar-refractivity contribution < 1.29 is 29.5 Å². The molecule has 0 aliphatic carbocycles. The molecule has 0 heterocycles. The van der Waals surface area contributed by atoms with E-state index in [1.54, 1.807) is 0 Å². The normalized spacial score (nSPS) is 14.7. The number of hydrogen-bond donors (Lipinski definition) is 5. The van der Waals surface area contributed by atoms with Crippen LogP contribution in [0.25, 0.3) is 0 Å². The van der Waals surface area contributed by atoms with Crippen LogP contribution in [0.15, 0.2) is 0 Å². The maximum absolute atomic E-state index is 11.2. The maximum Gasteiger partial charge on any atom is 0.355 e. The zero-order valence-corrected chi connectivity index (χ0v) is 10.7. The first-order valence-electron chi connectivity index (χ1n) is 5.09. The second-order valence-electron chi connectivity index (χ2n) is 3.65. The molecule has 1 amide bonds. The first-order valence-corrected chi connectivity index (χ1v) is 6.77. The van der Waals surface area contributed by atoms with Crippen molar-refractivity contribution in [3.05, 3.63) is 0 Å². The Labute approximate surface area is 105 Å². The predicted molar refractivity (Wildman–Crippen MR) is 62.2 cm³/mol. The molecule has 18 heavy (non-hydrogen) atoms. The largest absolute Gasteiger partial charge is 0.379 e. The summed E-state index contributed by atoms with van der Waals surface area (Å²) >= 11 is 0. The van der Waals surface area contributed by atoms with Gasteiger partial charge in [-0.25, -0.2) is 5.06 Å². The summed E-state index contributed by atoms with van der Waals surface area (Å²) in [5.74, 6) is -0.303. The Morgan fingerprint density at radius 1 is 1.56 bits per heavy atom. The SMILES string of the molecule is C#CCCC(=O)N(O)CNC(C)C(O)P(=O)(O)O. The molecule has 0 fully saturated rings. The van der Waals surface area contributed by atoms with Crippen LogP contribution in [0.1, 0.15) is 19.8 Å². The Kier molecular flexibility index (Phi) is 7.09. The van der Waals surface area contributed by atoms with E-state index >= 15 is 0 Å². The van der Waals surface area contributed by atoms with Crippen molar-refractivity contribution in [2.45, 2.75) is 31.7 Å². The smallest absolute Gasteiger partial charge is 0.355 e. The summed E-state index contributed by atoms with van der Waals surface area (Å²) in [6.45, 7) is 0.936. The summed E-state index contributed by atoms with van der Waals surface area (Å²) in [5, 5.41) is 21.2. The lowest BCUT2D eigenvalue weighted by Crippen LogP contribution is -2.44. The quantitative estimate of drug-likeness (QED) is 0.134. The van der Waals surface area contributed by atoms with Gasteiger partial charge in [0.1, 0.15) is 0 Å². The number of hydrogen-bond acceptors (Lipinski definition) is 5. The molecule has 5 N–H and O–H groups in total. The topological polar surface area (TPSA) is 130 Å². The summed E-state index contributed by atoms with van der Waals surface area (Å²) in [6, 6.07) is -0.999. The van der Waals surface area contributed by atoms with E-state index in [-0.39, 0.29) is 19.5 Å². The Morgan fingerprint density at radius 3 is 2.56 bits per heavy atom. The fourth-order valence-electron chi connectivity index (χ4n) is 1.02. The third-order valence-corrected chi connectivity index (χ3v) is 3.26. The molecule has 0 aliphatic rings. The summed E-state index contributed by atoms with van der Waals surface area (Å²) in [7, 11) is -4.63. The van der Waals surface area contributed by atoms with E-state index in [2.05, 4.69) is 11.2 Å². The van der Waals surface area contributed by atoms with Crippen molar-refractivity contribution in [3.8, 4) is 12.3 Å². The fourth-order valence-corrected chi connectivity index (χ4v) is 1.71. The number of hydroxylamine groups is 2. The molecule has 0 aromatic carbocycles. The van der Waals surface area contributed by atoms with Gasteiger partial charge in [0.25, 0.3) is 0 Å². The first kappa shape index (κ1) is 17.1. The lowest BCUT2D eigenvalue weighted by Gasteiger charge is -2.23. The van der Waals surface area contributed by atoms with Crippen LogP contribution in [0, 0.1) is 12.3 Å². The van der Waals surface area contributed by atoms with E-state index in [0.717, 1.165) is 0 Å². The van der Waals surface area contributed by atoms with E-state index in [9.17, 15) is 19.7 Å². The highest BCUT2D eigenvalue weighted by molar-refractivity contribution is 7.52. The van der Waals surface area contributed by atoms with Gasteiger partial charge in [0.2, 0.25) is 5.91 Å². The molecule has 0 aromatic heterocycles. The summed E-state index contributed by atoms with van der Waals surface area (Å²) < 4.78 is 10.7. The number of nitrogens with one attached hydrogen (secondary N) is 1. The lowest BCUT2D eigenvalue weighted by molar-refractivity contribution is -0.167. The number of carbonyl (C=O) groups excluding carboxylic acids is 1. The average Bonchev–Trinajstić information content (AvgIpc) is 2.30. The maximum atomic E-state index is 11.2. The lowest BCUT2D eigenvalue weighted by atomic mass is 10.3. The third-order valence-electron chi connectivity index (χ3n) is 2.13. The van der Waals surface area contributed by atoms with Gasteiger partial charge in [-0.2, -0.15) is 0 Å². The molecule has 0 radical (unpaired) electrons. The second kappa shape index (κ2) is 7.48. The highest BCUT2D eigenvalue weighted by Crippen LogP contribution is 2.40. The van der Waals surface area contributed by atoms with Gasteiger partial charge in [0.15, 0.2) is 5.85 Å². The van der Waals surface area contributed by atoms with Crippen LogP contribution < -0.4 is 5.32 Å². The van der Waals surface area contributed by atoms with Crippen molar-refractivity contribution in [2.75, 3.05) is 6.67 Å². The molecule has 9 heteroatoms. The van der Waals surface area contributed by atoms with Crippen LogP contribution in [-0.4, -0.2) is 49.6 Å². The van der Waals surface area contributed by atoms with Crippen LogP contribution in [0.4, 0.5) is 0 Å². The zero-order valence-electron chi connectivity index (χ0n) is 9.85. The number of aliphatic hydroxyl groups excluding tert-OH is 1. The van der Waals surface area contributed by atoms with Gasteiger partial charge in [-0.15, -0.1) is 12.3 Å². The third kappa shape index (κ3) is 6.12. The Hall–Kier alpha value is -0.940. The Bertz CT molecular complexity index is 363. The minimum atomic E-state index is -4.63. The molecule has 0 spiro atoms. The minimum Gasteiger partial charge on any atom is -0.379 e. The number of carbonyl (C=O) groups is 1. The van der Waals surface area contributed by atoms with E-state index in [0.29, 0.717) is 5.06 Å². The molecule has 0 aromatic rings. The van der Waals surface area contributed by atoms with E-state index in [1.807, 2.05) is 0 Å². The molecule has 104 valence electrons. The van der Waals surface area contributed by atoms with Crippen molar-refractivity contribution in [3.63, 3.8) is 0 Å². The van der Waals surface area contributed by atoms with Gasteiger partial charge >= 0.3 is 7.60 Å². The van der Waals surface area contributed by atoms with E-state index in [1.165, 1.54) is 6.92 Å². The average molecular weight is 280 g/mol. The van der Waals surface area contributed by atoms with Crippen LogP contribution in [-0.2, 0) is 9.36 Å². The highest BCUT2D eigenvalue weighted by atomic mass is 31.2. The number of rotatable bonds is 7. The molecule has 0 rings (SSSR count). The molecule has 0 saturated carbocycles.